The van der Waals surface area contributed by atoms with Crippen LogP contribution in [0.1, 0.15) is 23.7 Å². The van der Waals surface area contributed by atoms with Crippen LogP contribution < -0.4 is 5.32 Å². The molecule has 0 aliphatic rings. The number of anilines is 1. The van der Waals surface area contributed by atoms with E-state index < -0.39 is 5.97 Å². The Morgan fingerprint density at radius 2 is 1.79 bits per heavy atom. The van der Waals surface area contributed by atoms with Gasteiger partial charge in [-0.3, -0.25) is 9.59 Å². The highest BCUT2D eigenvalue weighted by Gasteiger charge is 2.12. The highest BCUT2D eigenvalue weighted by molar-refractivity contribution is 7.13. The van der Waals surface area contributed by atoms with E-state index in [-0.39, 0.29) is 18.9 Å². The maximum atomic E-state index is 12.0. The molecule has 5 nitrogen and oxygen atoms in total. The topological polar surface area (TPSA) is 68.3 Å². The van der Waals surface area contributed by atoms with Gasteiger partial charge in [0.05, 0.1) is 12.1 Å². The van der Waals surface area contributed by atoms with Gasteiger partial charge in [-0.15, -0.1) is 11.3 Å². The van der Waals surface area contributed by atoms with E-state index in [1.54, 1.807) is 0 Å². The summed E-state index contributed by atoms with van der Waals surface area (Å²) in [6.45, 7) is 3.78. The maximum absolute atomic E-state index is 12.0. The Labute approximate surface area is 168 Å². The SMILES string of the molecule is CCc1ccc(NC(=O)COC(=O)Cc2csc(-c3ccc(C)cc3)n2)cc1. The van der Waals surface area contributed by atoms with Crippen LogP contribution in [0.15, 0.2) is 53.9 Å². The van der Waals surface area contributed by atoms with Crippen molar-refractivity contribution in [1.82, 2.24) is 4.98 Å². The highest BCUT2D eigenvalue weighted by Crippen LogP contribution is 2.24. The third-order valence-corrected chi connectivity index (χ3v) is 5.13. The Kier molecular flexibility index (Phi) is 6.55. The van der Waals surface area contributed by atoms with Crippen LogP contribution in [0.4, 0.5) is 5.69 Å². The smallest absolute Gasteiger partial charge is 0.312 e. The largest absolute Gasteiger partial charge is 0.455 e. The van der Waals surface area contributed by atoms with Crippen LogP contribution >= 0.6 is 11.3 Å². The lowest BCUT2D eigenvalue weighted by molar-refractivity contribution is -0.146. The van der Waals surface area contributed by atoms with Crippen molar-refractivity contribution >= 4 is 28.9 Å². The molecule has 0 radical (unpaired) electrons. The second-order valence-electron chi connectivity index (χ2n) is 6.45. The number of carbonyl (C=O) groups excluding carboxylic acids is 2. The fourth-order valence-corrected chi connectivity index (χ4v) is 3.41. The van der Waals surface area contributed by atoms with Crippen molar-refractivity contribution < 1.29 is 14.3 Å². The summed E-state index contributed by atoms with van der Waals surface area (Å²) in [7, 11) is 0. The molecule has 28 heavy (non-hydrogen) atoms. The normalized spacial score (nSPS) is 10.5. The maximum Gasteiger partial charge on any atom is 0.312 e. The van der Waals surface area contributed by atoms with Crippen LogP contribution in [0.25, 0.3) is 10.6 Å². The average molecular weight is 394 g/mol. The van der Waals surface area contributed by atoms with Gasteiger partial charge in [0.25, 0.3) is 5.91 Å². The van der Waals surface area contributed by atoms with Crippen LogP contribution in [-0.4, -0.2) is 23.5 Å². The van der Waals surface area contributed by atoms with Gasteiger partial charge in [0.1, 0.15) is 5.01 Å². The minimum Gasteiger partial charge on any atom is -0.455 e. The molecule has 0 saturated heterocycles. The highest BCUT2D eigenvalue weighted by atomic mass is 32.1. The number of thiazole rings is 1. The second kappa shape index (κ2) is 9.28. The van der Waals surface area contributed by atoms with Crippen LogP contribution in [0, 0.1) is 6.92 Å². The van der Waals surface area contributed by atoms with E-state index in [2.05, 4.69) is 17.2 Å². The molecule has 1 amide bonds. The first-order valence-corrected chi connectivity index (χ1v) is 9.97. The number of nitrogens with zero attached hydrogens (tertiary/aromatic N) is 1. The molecule has 3 aromatic rings. The van der Waals surface area contributed by atoms with Gasteiger partial charge < -0.3 is 10.1 Å². The van der Waals surface area contributed by atoms with Gasteiger partial charge in [-0.1, -0.05) is 48.9 Å². The molecule has 0 fully saturated rings. The monoisotopic (exact) mass is 394 g/mol. The summed E-state index contributed by atoms with van der Waals surface area (Å²) in [5.41, 5.74) is 4.71. The van der Waals surface area contributed by atoms with Crippen molar-refractivity contribution in [1.29, 1.82) is 0 Å². The lowest BCUT2D eigenvalue weighted by atomic mass is 10.1. The predicted molar refractivity (Wildman–Crippen MR) is 111 cm³/mol. The molecule has 0 unspecified atom stereocenters. The molecule has 0 aliphatic heterocycles. The third kappa shape index (κ3) is 5.50. The van der Waals surface area contributed by atoms with Gasteiger partial charge in [-0.2, -0.15) is 0 Å². The molecule has 2 aromatic carbocycles. The van der Waals surface area contributed by atoms with Crippen molar-refractivity contribution in [3.05, 3.63) is 70.7 Å². The van der Waals surface area contributed by atoms with E-state index in [4.69, 9.17) is 4.74 Å². The van der Waals surface area contributed by atoms with Crippen LogP contribution in [-0.2, 0) is 27.2 Å². The summed E-state index contributed by atoms with van der Waals surface area (Å²) < 4.78 is 5.07. The minimum absolute atomic E-state index is 0.0425. The van der Waals surface area contributed by atoms with Crippen molar-refractivity contribution in [3.63, 3.8) is 0 Å². The molecule has 144 valence electrons. The summed E-state index contributed by atoms with van der Waals surface area (Å²) in [6, 6.07) is 15.6. The van der Waals surface area contributed by atoms with Crippen molar-refractivity contribution in [2.75, 3.05) is 11.9 Å². The Morgan fingerprint density at radius 3 is 2.46 bits per heavy atom. The van der Waals surface area contributed by atoms with E-state index in [1.807, 2.05) is 60.8 Å². The van der Waals surface area contributed by atoms with E-state index in [9.17, 15) is 9.59 Å². The molecule has 1 heterocycles. The predicted octanol–water partition coefficient (Wildman–Crippen LogP) is 4.41. The molecule has 0 bridgehead atoms. The molecular formula is C22H22N2O3S. The van der Waals surface area contributed by atoms with E-state index in [0.717, 1.165) is 17.0 Å². The lowest BCUT2D eigenvalue weighted by Crippen LogP contribution is -2.21. The van der Waals surface area contributed by atoms with Crippen molar-refractivity contribution in [3.8, 4) is 10.6 Å². The first-order chi connectivity index (χ1) is 13.5. The van der Waals surface area contributed by atoms with Gasteiger partial charge in [-0.05, 0) is 31.0 Å². The molecule has 3 rings (SSSR count). The summed E-state index contributed by atoms with van der Waals surface area (Å²) in [6.07, 6.45) is 0.981. The first kappa shape index (κ1) is 19.8. The molecule has 0 atom stereocenters. The summed E-state index contributed by atoms with van der Waals surface area (Å²) in [5.74, 6) is -0.839. The zero-order chi connectivity index (χ0) is 19.9. The fraction of sp³-hybridized carbons (Fsp3) is 0.227. The zero-order valence-corrected chi connectivity index (χ0v) is 16.7. The van der Waals surface area contributed by atoms with Crippen LogP contribution in [0.5, 0.6) is 0 Å². The Morgan fingerprint density at radius 1 is 1.07 bits per heavy atom. The number of amides is 1. The third-order valence-electron chi connectivity index (χ3n) is 4.19. The van der Waals surface area contributed by atoms with Gasteiger partial charge in [0.15, 0.2) is 6.61 Å². The molecular weight excluding hydrogens is 372 g/mol. The number of hydrogen-bond acceptors (Lipinski definition) is 5. The number of aromatic nitrogens is 1. The van der Waals surface area contributed by atoms with Gasteiger partial charge >= 0.3 is 5.97 Å². The number of rotatable bonds is 7. The van der Waals surface area contributed by atoms with Crippen LogP contribution in [0.2, 0.25) is 0 Å². The minimum atomic E-state index is -0.475. The van der Waals surface area contributed by atoms with Gasteiger partial charge in [0.2, 0.25) is 0 Å². The van der Waals surface area contributed by atoms with Crippen molar-refractivity contribution in [2.24, 2.45) is 0 Å². The number of benzene rings is 2. The Bertz CT molecular complexity index is 947. The molecule has 1 aromatic heterocycles. The lowest BCUT2D eigenvalue weighted by Gasteiger charge is -2.07. The van der Waals surface area contributed by atoms with Crippen molar-refractivity contribution in [2.45, 2.75) is 26.7 Å². The number of hydrogen-bond donors (Lipinski definition) is 1. The Balaban J connectivity index is 1.47. The van der Waals surface area contributed by atoms with Gasteiger partial charge in [0, 0.05) is 16.6 Å². The van der Waals surface area contributed by atoms with Gasteiger partial charge in [-0.25, -0.2) is 4.98 Å². The second-order valence-corrected chi connectivity index (χ2v) is 7.30. The molecule has 6 heteroatoms. The summed E-state index contributed by atoms with van der Waals surface area (Å²) in [5, 5.41) is 5.41. The van der Waals surface area contributed by atoms with E-state index >= 15 is 0 Å². The standard InChI is InChI=1S/C22H22N2O3S/c1-3-16-6-10-18(11-7-16)23-20(25)13-27-21(26)12-19-14-28-22(24-19)17-8-4-15(2)5-9-17/h4-11,14H,3,12-13H2,1-2H3,(H,23,25). The number of aryl methyl sites for hydroxylation is 2. The number of esters is 1. The molecule has 1 N–H and O–H groups in total. The first-order valence-electron chi connectivity index (χ1n) is 9.09. The van der Waals surface area contributed by atoms with E-state index in [1.165, 1.54) is 22.5 Å². The molecule has 0 saturated carbocycles. The summed E-state index contributed by atoms with van der Waals surface area (Å²) in [4.78, 5) is 28.4. The van der Waals surface area contributed by atoms with Crippen LogP contribution in [0.3, 0.4) is 0 Å². The average Bonchev–Trinajstić information content (AvgIpc) is 3.16. The number of carbonyl (C=O) groups is 2. The summed E-state index contributed by atoms with van der Waals surface area (Å²) >= 11 is 1.48. The Hall–Kier alpha value is -2.99. The van der Waals surface area contributed by atoms with E-state index in [0.29, 0.717) is 11.4 Å². The number of nitrogens with one attached hydrogen (secondary N) is 1. The number of ether oxygens (including phenoxy) is 1. The molecule has 0 spiro atoms. The zero-order valence-electron chi connectivity index (χ0n) is 15.9. The molecule has 0 aliphatic carbocycles. The fourth-order valence-electron chi connectivity index (χ4n) is 2.58. The quantitative estimate of drug-likeness (QED) is 0.603.